The van der Waals surface area contributed by atoms with E-state index in [4.69, 9.17) is 4.74 Å². The Morgan fingerprint density at radius 3 is 2.08 bits per heavy atom. The number of carbonyl (C=O) groups excluding carboxylic acids is 2. The van der Waals surface area contributed by atoms with Gasteiger partial charge in [-0.3, -0.25) is 4.79 Å². The van der Waals surface area contributed by atoms with Gasteiger partial charge in [0.2, 0.25) is 4.69 Å². The van der Waals surface area contributed by atoms with Crippen LogP contribution in [0.3, 0.4) is 0 Å². The molecule has 0 aromatic heterocycles. The van der Waals surface area contributed by atoms with E-state index in [2.05, 4.69) is 45.5 Å². The molecular formula is C21H22BrNO3. The molecule has 0 aliphatic heterocycles. The minimum atomic E-state index is -0.578. The molecule has 26 heavy (non-hydrogen) atoms. The Bertz CT molecular complexity index is 773. The average Bonchev–Trinajstić information content (AvgIpc) is 2.93. The highest BCUT2D eigenvalue weighted by molar-refractivity contribution is 9.18. The summed E-state index contributed by atoms with van der Waals surface area (Å²) < 4.78 is 5.24. The van der Waals surface area contributed by atoms with E-state index in [0.717, 1.165) is 11.1 Å². The molecule has 2 aromatic carbocycles. The molecule has 136 valence electrons. The molecule has 5 heteroatoms. The number of benzene rings is 2. The number of rotatable bonds is 6. The summed E-state index contributed by atoms with van der Waals surface area (Å²) in [6, 6.07) is 15.8. The van der Waals surface area contributed by atoms with Crippen LogP contribution in [0.25, 0.3) is 11.1 Å². The van der Waals surface area contributed by atoms with Crippen molar-refractivity contribution in [1.29, 1.82) is 0 Å². The molecule has 1 aliphatic carbocycles. The molecule has 0 spiro atoms. The lowest BCUT2D eigenvalue weighted by Crippen LogP contribution is -2.40. The molecule has 0 fully saturated rings. The summed E-state index contributed by atoms with van der Waals surface area (Å²) in [6.45, 7) is 4.25. The number of hydrogen-bond donors (Lipinski definition) is 1. The molecule has 0 saturated carbocycles. The van der Waals surface area contributed by atoms with Crippen LogP contribution in [0.2, 0.25) is 0 Å². The number of ether oxygens (including phenoxy) is 1. The smallest absolute Gasteiger partial charge is 0.407 e. The summed E-state index contributed by atoms with van der Waals surface area (Å²) in [7, 11) is 0. The van der Waals surface area contributed by atoms with Crippen LogP contribution in [-0.2, 0) is 9.53 Å². The molecule has 1 amide bonds. The number of alkyl carbamates (subject to hydrolysis) is 1. The van der Waals surface area contributed by atoms with Crippen LogP contribution in [0.15, 0.2) is 48.5 Å². The number of amides is 1. The monoisotopic (exact) mass is 415 g/mol. The van der Waals surface area contributed by atoms with Gasteiger partial charge >= 0.3 is 6.09 Å². The largest absolute Gasteiger partial charge is 0.449 e. The van der Waals surface area contributed by atoms with Gasteiger partial charge in [-0.2, -0.15) is 0 Å². The van der Waals surface area contributed by atoms with Crippen molar-refractivity contribution < 1.29 is 14.3 Å². The summed E-state index contributed by atoms with van der Waals surface area (Å²) in [5, 5.41) is 2.66. The van der Waals surface area contributed by atoms with Crippen molar-refractivity contribution in [2.45, 2.75) is 32.2 Å². The van der Waals surface area contributed by atoms with Gasteiger partial charge in [0.1, 0.15) is 12.6 Å². The standard InChI is InChI=1S/C21H22BrNO3/c1-13(2)11-19(20(22)24)23-21(25)26-12-18-16-9-5-3-7-14(16)15-8-4-6-10-17(15)18/h3-10,13,18-19H,11-12H2,1-2H3,(H,23,25)/t19-/m0/s1. The summed E-state index contributed by atoms with van der Waals surface area (Å²) in [5.41, 5.74) is 4.70. The third-order valence-corrected chi connectivity index (χ3v) is 5.17. The van der Waals surface area contributed by atoms with Crippen LogP contribution in [0.5, 0.6) is 0 Å². The van der Waals surface area contributed by atoms with E-state index in [1.807, 2.05) is 38.1 Å². The first-order valence-corrected chi connectivity index (χ1v) is 9.57. The van der Waals surface area contributed by atoms with Gasteiger partial charge in [0.05, 0.1) is 0 Å². The zero-order chi connectivity index (χ0) is 18.7. The fourth-order valence-electron chi connectivity index (χ4n) is 3.46. The minimum Gasteiger partial charge on any atom is -0.449 e. The summed E-state index contributed by atoms with van der Waals surface area (Å²) in [6.07, 6.45) is -0.000757. The van der Waals surface area contributed by atoms with Gasteiger partial charge in [-0.15, -0.1) is 0 Å². The number of fused-ring (bicyclic) bond motifs is 3. The maximum Gasteiger partial charge on any atom is 0.407 e. The molecule has 4 nitrogen and oxygen atoms in total. The molecule has 2 aromatic rings. The molecule has 0 saturated heterocycles. The topological polar surface area (TPSA) is 55.4 Å². The van der Waals surface area contributed by atoms with Crippen LogP contribution >= 0.6 is 15.9 Å². The lowest BCUT2D eigenvalue weighted by molar-refractivity contribution is -0.112. The number of halogens is 1. The van der Waals surface area contributed by atoms with E-state index in [1.54, 1.807) is 0 Å². The molecule has 1 N–H and O–H groups in total. The van der Waals surface area contributed by atoms with Crippen molar-refractivity contribution in [3.63, 3.8) is 0 Å². The Morgan fingerprint density at radius 1 is 1.04 bits per heavy atom. The fraction of sp³-hybridized carbons (Fsp3) is 0.333. The van der Waals surface area contributed by atoms with E-state index in [1.165, 1.54) is 11.1 Å². The molecular weight excluding hydrogens is 394 g/mol. The van der Waals surface area contributed by atoms with Crippen molar-refractivity contribution in [1.82, 2.24) is 5.32 Å². The Labute approximate surface area is 162 Å². The lowest BCUT2D eigenvalue weighted by Gasteiger charge is -2.18. The summed E-state index contributed by atoms with van der Waals surface area (Å²) in [4.78, 5) is 23.9. The van der Waals surface area contributed by atoms with Crippen LogP contribution in [0.4, 0.5) is 4.79 Å². The molecule has 3 rings (SSSR count). The molecule has 0 heterocycles. The normalized spacial score (nSPS) is 13.8. The van der Waals surface area contributed by atoms with Gasteiger partial charge in [0.25, 0.3) is 0 Å². The van der Waals surface area contributed by atoms with E-state index < -0.39 is 12.1 Å². The third-order valence-electron chi connectivity index (χ3n) is 4.62. The van der Waals surface area contributed by atoms with Crippen LogP contribution < -0.4 is 5.32 Å². The number of nitrogens with one attached hydrogen (secondary N) is 1. The quantitative estimate of drug-likeness (QED) is 0.685. The van der Waals surface area contributed by atoms with E-state index in [0.29, 0.717) is 6.42 Å². The maximum absolute atomic E-state index is 12.2. The first kappa shape index (κ1) is 18.6. The third kappa shape index (κ3) is 3.98. The van der Waals surface area contributed by atoms with Crippen molar-refractivity contribution in [3.8, 4) is 11.1 Å². The Hall–Kier alpha value is -2.14. The predicted octanol–water partition coefficient (Wildman–Crippen LogP) is 4.86. The minimum absolute atomic E-state index is 0.0105. The zero-order valence-electron chi connectivity index (χ0n) is 14.9. The molecule has 1 atom stereocenters. The van der Waals surface area contributed by atoms with Gasteiger partial charge in [-0.1, -0.05) is 62.4 Å². The molecule has 0 radical (unpaired) electrons. The van der Waals surface area contributed by atoms with Crippen molar-refractivity contribution in [2.75, 3.05) is 6.61 Å². The Kier molecular flexibility index (Phi) is 5.77. The van der Waals surface area contributed by atoms with Crippen LogP contribution in [0, 0.1) is 5.92 Å². The molecule has 0 bridgehead atoms. The average molecular weight is 416 g/mol. The van der Waals surface area contributed by atoms with E-state index in [-0.39, 0.29) is 23.1 Å². The van der Waals surface area contributed by atoms with E-state index >= 15 is 0 Å². The van der Waals surface area contributed by atoms with Crippen LogP contribution in [-0.4, -0.2) is 23.4 Å². The first-order chi connectivity index (χ1) is 12.5. The van der Waals surface area contributed by atoms with E-state index in [9.17, 15) is 9.59 Å². The van der Waals surface area contributed by atoms with Crippen LogP contribution in [0.1, 0.15) is 37.3 Å². The Morgan fingerprint density at radius 2 is 1.58 bits per heavy atom. The van der Waals surface area contributed by atoms with Crippen molar-refractivity contribution in [3.05, 3.63) is 59.7 Å². The maximum atomic E-state index is 12.2. The fourth-order valence-corrected chi connectivity index (χ4v) is 3.76. The lowest BCUT2D eigenvalue weighted by atomic mass is 9.98. The van der Waals surface area contributed by atoms with Gasteiger partial charge in [-0.25, -0.2) is 4.79 Å². The second-order valence-corrected chi connectivity index (χ2v) is 7.74. The number of hydrogen-bond acceptors (Lipinski definition) is 3. The Balaban J connectivity index is 1.70. The first-order valence-electron chi connectivity index (χ1n) is 8.78. The van der Waals surface area contributed by atoms with Gasteiger partial charge in [-0.05, 0) is 50.5 Å². The highest BCUT2D eigenvalue weighted by Crippen LogP contribution is 2.44. The van der Waals surface area contributed by atoms with Gasteiger partial charge in [0.15, 0.2) is 0 Å². The van der Waals surface area contributed by atoms with Gasteiger partial charge < -0.3 is 10.1 Å². The van der Waals surface area contributed by atoms with Crippen molar-refractivity contribution in [2.24, 2.45) is 5.92 Å². The second kappa shape index (κ2) is 8.04. The van der Waals surface area contributed by atoms with Crippen molar-refractivity contribution >= 4 is 26.7 Å². The highest BCUT2D eigenvalue weighted by Gasteiger charge is 2.29. The molecule has 0 unspecified atom stereocenters. The highest BCUT2D eigenvalue weighted by atomic mass is 79.9. The predicted molar refractivity (Wildman–Crippen MR) is 105 cm³/mol. The van der Waals surface area contributed by atoms with Gasteiger partial charge in [0, 0.05) is 5.92 Å². The zero-order valence-corrected chi connectivity index (χ0v) is 16.5. The SMILES string of the molecule is CC(C)C[C@H](NC(=O)OCC1c2ccccc2-c2ccccc21)C(=O)Br. The summed E-state index contributed by atoms with van der Waals surface area (Å²) in [5.74, 6) is 0.298. The number of carbonyl (C=O) groups is 2. The summed E-state index contributed by atoms with van der Waals surface area (Å²) >= 11 is 2.95. The molecule has 1 aliphatic rings. The second-order valence-electron chi connectivity index (χ2n) is 6.96.